The number of hydrogen-bond acceptors (Lipinski definition) is 3. The molecule has 0 aliphatic rings. The second kappa shape index (κ2) is 5.75. The summed E-state index contributed by atoms with van der Waals surface area (Å²) in [6.07, 6.45) is 0.441. The summed E-state index contributed by atoms with van der Waals surface area (Å²) in [4.78, 5) is 11.5. The lowest BCUT2D eigenvalue weighted by atomic mass is 10.1. The number of phenolic OH excluding ortho intramolecular Hbond substituents is 1. The molecule has 0 atom stereocenters. The number of aromatic hydroxyl groups is 1. The Hall–Kier alpha value is -1.03. The van der Waals surface area contributed by atoms with Gasteiger partial charge in [0.25, 0.3) is 0 Å². The Morgan fingerprint density at radius 1 is 1.53 bits per heavy atom. The highest BCUT2D eigenvalue weighted by atomic mass is 79.9. The first kappa shape index (κ1) is 12.0. The average Bonchev–Trinajstić information content (AvgIpc) is 2.22. The molecule has 0 aliphatic carbocycles. The number of carbonyl (C=O) groups is 1. The fraction of sp³-hybridized carbons (Fsp3) is 0.364. The van der Waals surface area contributed by atoms with Crippen molar-refractivity contribution in [2.75, 3.05) is 11.9 Å². The molecule has 0 bridgehead atoms. The molecule has 4 heteroatoms. The third kappa shape index (κ3) is 3.23. The molecule has 1 aromatic carbocycles. The van der Waals surface area contributed by atoms with Crippen LogP contribution >= 0.6 is 15.9 Å². The number of hydrogen-bond donors (Lipinski definition) is 1. The molecule has 82 valence electrons. The van der Waals surface area contributed by atoms with Gasteiger partial charge in [-0.15, -0.1) is 0 Å². The summed E-state index contributed by atoms with van der Waals surface area (Å²) in [6.45, 7) is 2.29. The van der Waals surface area contributed by atoms with E-state index >= 15 is 0 Å². The second-order valence-corrected chi connectivity index (χ2v) is 3.77. The molecule has 0 unspecified atom stereocenters. The van der Waals surface area contributed by atoms with E-state index in [4.69, 9.17) is 4.74 Å². The summed E-state index contributed by atoms with van der Waals surface area (Å²) < 4.78 is 5.19. The number of benzene rings is 1. The van der Waals surface area contributed by atoms with Gasteiger partial charge in [0.2, 0.25) is 0 Å². The van der Waals surface area contributed by atoms with Crippen molar-refractivity contribution in [2.45, 2.75) is 13.3 Å². The van der Waals surface area contributed by atoms with Gasteiger partial charge in [-0.05, 0) is 25.1 Å². The van der Waals surface area contributed by atoms with Crippen LogP contribution in [0.25, 0.3) is 0 Å². The van der Waals surface area contributed by atoms with Crippen LogP contribution in [0, 0.1) is 0 Å². The average molecular weight is 273 g/mol. The van der Waals surface area contributed by atoms with Crippen LogP contribution < -0.4 is 4.74 Å². The molecule has 0 saturated heterocycles. The monoisotopic (exact) mass is 272 g/mol. The highest BCUT2D eigenvalue weighted by Crippen LogP contribution is 2.27. The predicted octanol–water partition coefficient (Wildman–Crippen LogP) is 2.76. The molecule has 3 nitrogen and oxygen atoms in total. The van der Waals surface area contributed by atoms with Crippen molar-refractivity contribution >= 4 is 21.7 Å². The van der Waals surface area contributed by atoms with Crippen LogP contribution in [0.4, 0.5) is 0 Å². The van der Waals surface area contributed by atoms with Crippen molar-refractivity contribution in [1.29, 1.82) is 0 Å². The normalized spacial score (nSPS) is 10.0. The van der Waals surface area contributed by atoms with E-state index in [1.165, 1.54) is 6.07 Å². The lowest BCUT2D eigenvalue weighted by molar-refractivity contribution is 0.0989. The zero-order valence-electron chi connectivity index (χ0n) is 8.50. The second-order valence-electron chi connectivity index (χ2n) is 2.98. The predicted molar refractivity (Wildman–Crippen MR) is 62.0 cm³/mol. The summed E-state index contributed by atoms with van der Waals surface area (Å²) in [5, 5.41) is 10.1. The maximum Gasteiger partial charge on any atom is 0.163 e. The van der Waals surface area contributed by atoms with E-state index in [9.17, 15) is 9.90 Å². The Labute approximate surface area is 97.2 Å². The number of ether oxygens (including phenoxy) is 1. The zero-order chi connectivity index (χ0) is 11.3. The van der Waals surface area contributed by atoms with E-state index in [0.29, 0.717) is 29.7 Å². The van der Waals surface area contributed by atoms with E-state index < -0.39 is 0 Å². The molecule has 0 amide bonds. The highest BCUT2D eigenvalue weighted by molar-refractivity contribution is 9.09. The lowest BCUT2D eigenvalue weighted by Gasteiger charge is -2.07. The van der Waals surface area contributed by atoms with Crippen molar-refractivity contribution < 1.29 is 14.6 Å². The first-order valence-corrected chi connectivity index (χ1v) is 5.86. The maximum absolute atomic E-state index is 11.5. The first-order chi connectivity index (χ1) is 7.19. The minimum absolute atomic E-state index is 0.0350. The molecule has 0 radical (unpaired) electrons. The molecule has 1 aromatic rings. The van der Waals surface area contributed by atoms with Crippen LogP contribution in [0.1, 0.15) is 23.7 Å². The quantitative estimate of drug-likeness (QED) is 0.662. The van der Waals surface area contributed by atoms with Crippen molar-refractivity contribution in [3.63, 3.8) is 0 Å². The number of phenols is 1. The largest absolute Gasteiger partial charge is 0.504 e. The van der Waals surface area contributed by atoms with Gasteiger partial charge in [0.15, 0.2) is 17.3 Å². The van der Waals surface area contributed by atoms with Gasteiger partial charge in [0, 0.05) is 17.3 Å². The molecule has 0 spiro atoms. The summed E-state index contributed by atoms with van der Waals surface area (Å²) in [5.41, 5.74) is 0.565. The van der Waals surface area contributed by atoms with Crippen molar-refractivity contribution in [3.05, 3.63) is 23.8 Å². The number of Topliss-reactive ketones (excluding diaryl/α,β-unsaturated/α-hetero) is 1. The Balaban J connectivity index is 2.91. The lowest BCUT2D eigenvalue weighted by Crippen LogP contribution is -2.00. The maximum atomic E-state index is 11.5. The Morgan fingerprint density at radius 2 is 2.27 bits per heavy atom. The van der Waals surface area contributed by atoms with Gasteiger partial charge in [-0.25, -0.2) is 0 Å². The van der Waals surface area contributed by atoms with Gasteiger partial charge < -0.3 is 9.84 Å². The molecule has 1 N–H and O–H groups in total. The molecular weight excluding hydrogens is 260 g/mol. The van der Waals surface area contributed by atoms with E-state index in [1.807, 2.05) is 6.92 Å². The van der Waals surface area contributed by atoms with Crippen LogP contribution in [0.5, 0.6) is 11.5 Å². The van der Waals surface area contributed by atoms with Gasteiger partial charge in [0.05, 0.1) is 6.61 Å². The molecule has 0 fully saturated rings. The van der Waals surface area contributed by atoms with Crippen LogP contribution in [0.15, 0.2) is 18.2 Å². The molecule has 0 aromatic heterocycles. The summed E-state index contributed by atoms with van der Waals surface area (Å²) >= 11 is 3.21. The third-order valence-electron chi connectivity index (χ3n) is 1.90. The number of rotatable bonds is 5. The van der Waals surface area contributed by atoms with Crippen LogP contribution in [0.3, 0.4) is 0 Å². The van der Waals surface area contributed by atoms with E-state index in [0.717, 1.165) is 0 Å². The van der Waals surface area contributed by atoms with Gasteiger partial charge in [-0.3, -0.25) is 4.79 Å². The first-order valence-electron chi connectivity index (χ1n) is 4.74. The minimum atomic E-state index is 0.0350. The number of ketones is 1. The van der Waals surface area contributed by atoms with Crippen molar-refractivity contribution in [3.8, 4) is 11.5 Å². The van der Waals surface area contributed by atoms with Crippen LogP contribution in [0.2, 0.25) is 0 Å². The Bertz CT molecular complexity index is 350. The number of halogens is 1. The summed E-state index contributed by atoms with van der Waals surface area (Å²) in [6, 6.07) is 4.65. The van der Waals surface area contributed by atoms with Gasteiger partial charge >= 0.3 is 0 Å². The molecule has 0 saturated carbocycles. The standard InChI is InChI=1S/C11H13BrO3/c1-2-15-11-7-8(3-4-10(11)14)9(13)5-6-12/h3-4,7,14H,2,5-6H2,1H3. The van der Waals surface area contributed by atoms with Crippen LogP contribution in [-0.4, -0.2) is 22.8 Å². The van der Waals surface area contributed by atoms with Gasteiger partial charge in [0.1, 0.15) is 0 Å². The number of alkyl halides is 1. The molecule has 15 heavy (non-hydrogen) atoms. The highest BCUT2D eigenvalue weighted by Gasteiger charge is 2.09. The van der Waals surface area contributed by atoms with Gasteiger partial charge in [-0.2, -0.15) is 0 Å². The van der Waals surface area contributed by atoms with Gasteiger partial charge in [-0.1, -0.05) is 15.9 Å². The summed E-state index contributed by atoms with van der Waals surface area (Å²) in [5.74, 6) is 0.456. The summed E-state index contributed by atoms with van der Waals surface area (Å²) in [7, 11) is 0. The Kier molecular flexibility index (Phi) is 4.62. The molecular formula is C11H13BrO3. The smallest absolute Gasteiger partial charge is 0.163 e. The van der Waals surface area contributed by atoms with Crippen molar-refractivity contribution in [1.82, 2.24) is 0 Å². The SMILES string of the molecule is CCOc1cc(C(=O)CCBr)ccc1O. The van der Waals surface area contributed by atoms with E-state index in [2.05, 4.69) is 15.9 Å². The van der Waals surface area contributed by atoms with E-state index in [-0.39, 0.29) is 11.5 Å². The Morgan fingerprint density at radius 3 is 2.87 bits per heavy atom. The fourth-order valence-electron chi connectivity index (χ4n) is 1.19. The third-order valence-corrected chi connectivity index (χ3v) is 2.30. The zero-order valence-corrected chi connectivity index (χ0v) is 10.1. The number of carbonyl (C=O) groups excluding carboxylic acids is 1. The molecule has 0 heterocycles. The topological polar surface area (TPSA) is 46.5 Å². The fourth-order valence-corrected chi connectivity index (χ4v) is 1.55. The minimum Gasteiger partial charge on any atom is -0.504 e. The van der Waals surface area contributed by atoms with E-state index in [1.54, 1.807) is 12.1 Å². The molecule has 0 aliphatic heterocycles. The van der Waals surface area contributed by atoms with Crippen molar-refractivity contribution in [2.24, 2.45) is 0 Å². The molecule has 1 rings (SSSR count). The van der Waals surface area contributed by atoms with Crippen LogP contribution in [-0.2, 0) is 0 Å².